The van der Waals surface area contributed by atoms with E-state index in [0.29, 0.717) is 17.0 Å². The number of halogens is 2. The van der Waals surface area contributed by atoms with Crippen LogP contribution in [0.4, 0.5) is 5.69 Å². The Labute approximate surface area is 223 Å². The van der Waals surface area contributed by atoms with E-state index in [1.54, 1.807) is 42.5 Å². The predicted molar refractivity (Wildman–Crippen MR) is 141 cm³/mol. The third kappa shape index (κ3) is 6.71. The molecule has 3 rings (SSSR count). The summed E-state index contributed by atoms with van der Waals surface area (Å²) in [5, 5.41) is 5.79. The summed E-state index contributed by atoms with van der Waals surface area (Å²) in [7, 11) is -2.36. The Morgan fingerprint density at radius 1 is 1.14 bits per heavy atom. The molecule has 0 radical (unpaired) electrons. The van der Waals surface area contributed by atoms with Gasteiger partial charge in [-0.05, 0) is 36.8 Å². The van der Waals surface area contributed by atoms with E-state index in [9.17, 15) is 22.8 Å². The molecule has 2 N–H and O–H groups in total. The quantitative estimate of drug-likeness (QED) is 0.442. The minimum atomic E-state index is -3.57. The molecule has 2 amide bonds. The Kier molecular flexibility index (Phi) is 9.65. The number of hydrogen-bond donors (Lipinski definition) is 2. The molecule has 36 heavy (non-hydrogen) atoms. The predicted octanol–water partition coefficient (Wildman–Crippen LogP) is 3.17. The zero-order valence-electron chi connectivity index (χ0n) is 19.5. The van der Waals surface area contributed by atoms with Gasteiger partial charge in [-0.1, -0.05) is 41.4 Å². The van der Waals surface area contributed by atoms with E-state index in [1.807, 2.05) is 0 Å². The summed E-state index contributed by atoms with van der Waals surface area (Å²) in [5.74, 6) is -1.34. The van der Waals surface area contributed by atoms with Crippen molar-refractivity contribution < 1.29 is 27.5 Å². The van der Waals surface area contributed by atoms with Gasteiger partial charge >= 0.3 is 5.97 Å². The van der Waals surface area contributed by atoms with Crippen molar-refractivity contribution in [3.8, 4) is 0 Å². The van der Waals surface area contributed by atoms with Crippen LogP contribution in [0.5, 0.6) is 0 Å². The van der Waals surface area contributed by atoms with E-state index in [-0.39, 0.29) is 33.7 Å². The first-order valence-electron chi connectivity index (χ1n) is 10.9. The lowest BCUT2D eigenvalue weighted by molar-refractivity contribution is -0.145. The number of thioether (sulfide) groups is 1. The molecule has 0 spiro atoms. The van der Waals surface area contributed by atoms with Gasteiger partial charge in [0.25, 0.3) is 5.91 Å². The number of benzene rings is 2. The number of ether oxygens (including phenoxy) is 1. The summed E-state index contributed by atoms with van der Waals surface area (Å²) in [6.07, 6.45) is 0.101. The molecule has 1 heterocycles. The Morgan fingerprint density at radius 3 is 2.36 bits per heavy atom. The highest BCUT2D eigenvalue weighted by Gasteiger charge is 2.39. The summed E-state index contributed by atoms with van der Waals surface area (Å²) in [5.41, 5.74) is 1.31. The van der Waals surface area contributed by atoms with Crippen molar-refractivity contribution in [3.63, 3.8) is 0 Å². The largest absolute Gasteiger partial charge is 0.467 e. The van der Waals surface area contributed by atoms with Gasteiger partial charge in [-0.2, -0.15) is 4.31 Å². The third-order valence-electron chi connectivity index (χ3n) is 5.51. The Hall–Kier alpha value is -2.31. The van der Waals surface area contributed by atoms with Crippen molar-refractivity contribution in [2.24, 2.45) is 0 Å². The summed E-state index contributed by atoms with van der Waals surface area (Å²) in [6.45, 7) is 1.51. The molecule has 0 bridgehead atoms. The van der Waals surface area contributed by atoms with Crippen molar-refractivity contribution in [1.29, 1.82) is 0 Å². The summed E-state index contributed by atoms with van der Waals surface area (Å²) in [4.78, 5) is 37.9. The molecule has 0 aliphatic carbocycles. The van der Waals surface area contributed by atoms with Gasteiger partial charge in [0.2, 0.25) is 15.9 Å². The van der Waals surface area contributed by atoms with Crippen LogP contribution in [0.2, 0.25) is 10.0 Å². The molecule has 2 aromatic carbocycles. The highest BCUT2D eigenvalue weighted by molar-refractivity contribution is 8.00. The monoisotopic (exact) mass is 573 g/mol. The molecule has 2 atom stereocenters. The molecule has 0 unspecified atom stereocenters. The fourth-order valence-corrected chi connectivity index (χ4v) is 6.98. The van der Waals surface area contributed by atoms with Gasteiger partial charge in [0.05, 0.1) is 34.3 Å². The van der Waals surface area contributed by atoms with Crippen LogP contribution in [-0.2, 0) is 30.8 Å². The fraction of sp³-hybridized carbons (Fsp3) is 0.348. The topological polar surface area (TPSA) is 122 Å². The number of carbonyl (C=O) groups excluding carboxylic acids is 3. The Bertz CT molecular complexity index is 1220. The van der Waals surface area contributed by atoms with Crippen LogP contribution in [-0.4, -0.2) is 67.1 Å². The maximum atomic E-state index is 12.9. The van der Waals surface area contributed by atoms with Crippen molar-refractivity contribution in [2.45, 2.75) is 25.4 Å². The van der Waals surface area contributed by atoms with Gasteiger partial charge < -0.3 is 15.4 Å². The lowest BCUT2D eigenvalue weighted by atomic mass is 10.0. The summed E-state index contributed by atoms with van der Waals surface area (Å²) in [6, 6.07) is 9.48. The highest BCUT2D eigenvalue weighted by atomic mass is 35.5. The van der Waals surface area contributed by atoms with Crippen molar-refractivity contribution in [3.05, 3.63) is 63.6 Å². The second kappa shape index (κ2) is 12.3. The van der Waals surface area contributed by atoms with Crippen molar-refractivity contribution in [1.82, 2.24) is 9.62 Å². The lowest BCUT2D eigenvalue weighted by Gasteiger charge is -2.24. The third-order valence-corrected chi connectivity index (χ3v) is 9.14. The second-order valence-corrected chi connectivity index (χ2v) is 11.9. The SMILES string of the molecule is CCS(=O)(=O)N1CSC[C@@H]1C(=O)N[C@@H](Cc1ccc(NC(=O)c2c(Cl)cccc2Cl)cc1)C(=O)OC. The number of hydrogen-bond acceptors (Lipinski definition) is 7. The van der Waals surface area contributed by atoms with Gasteiger partial charge in [0.15, 0.2) is 0 Å². The molecular formula is C23H25Cl2N3O6S2. The Morgan fingerprint density at radius 2 is 1.78 bits per heavy atom. The maximum absolute atomic E-state index is 12.9. The van der Waals surface area contributed by atoms with Crippen LogP contribution < -0.4 is 10.6 Å². The minimum Gasteiger partial charge on any atom is -0.467 e. The molecule has 13 heteroatoms. The standard InChI is InChI=1S/C23H25Cl2N3O6S2/c1-3-36(32,33)28-13-35-12-19(28)21(29)27-18(23(31)34-2)11-14-7-9-15(10-8-14)26-22(30)20-16(24)5-4-6-17(20)25/h4-10,18-19H,3,11-13H2,1-2H3,(H,26,30)(H,27,29)/t18-,19+/m0/s1. The van der Waals surface area contributed by atoms with Gasteiger partial charge in [-0.25, -0.2) is 13.2 Å². The normalized spacial score (nSPS) is 16.8. The second-order valence-electron chi connectivity index (χ2n) is 7.84. The van der Waals surface area contributed by atoms with Gasteiger partial charge in [-0.3, -0.25) is 9.59 Å². The van der Waals surface area contributed by atoms with Crippen molar-refractivity contribution >= 4 is 68.5 Å². The Balaban J connectivity index is 1.69. The molecule has 1 aliphatic rings. The van der Waals surface area contributed by atoms with Crippen LogP contribution in [0.25, 0.3) is 0 Å². The van der Waals surface area contributed by atoms with Gasteiger partial charge in [0, 0.05) is 17.9 Å². The number of amides is 2. The molecule has 1 saturated heterocycles. The number of methoxy groups -OCH3 is 1. The number of nitrogens with zero attached hydrogens (tertiary/aromatic N) is 1. The van der Waals surface area contributed by atoms with Crippen LogP contribution in [0, 0.1) is 0 Å². The number of rotatable bonds is 9. The van der Waals surface area contributed by atoms with Gasteiger partial charge in [0.1, 0.15) is 12.1 Å². The van der Waals surface area contributed by atoms with Gasteiger partial charge in [-0.15, -0.1) is 11.8 Å². The lowest BCUT2D eigenvalue weighted by Crippen LogP contribution is -2.52. The zero-order valence-corrected chi connectivity index (χ0v) is 22.6. The van der Waals surface area contributed by atoms with Crippen LogP contribution >= 0.6 is 35.0 Å². The van der Waals surface area contributed by atoms with E-state index in [2.05, 4.69) is 10.6 Å². The van der Waals surface area contributed by atoms with E-state index >= 15 is 0 Å². The molecular weight excluding hydrogens is 549 g/mol. The minimum absolute atomic E-state index is 0.101. The zero-order chi connectivity index (χ0) is 26.5. The molecule has 1 fully saturated rings. The molecule has 0 saturated carbocycles. The summed E-state index contributed by atoms with van der Waals surface area (Å²) < 4.78 is 30.6. The molecule has 0 aromatic heterocycles. The first kappa shape index (κ1) is 28.3. The van der Waals surface area contributed by atoms with E-state index in [0.717, 1.165) is 4.31 Å². The number of carbonyl (C=O) groups is 3. The van der Waals surface area contributed by atoms with E-state index in [1.165, 1.54) is 25.8 Å². The average Bonchev–Trinajstić information content (AvgIpc) is 3.35. The smallest absolute Gasteiger partial charge is 0.328 e. The first-order chi connectivity index (χ1) is 17.1. The van der Waals surface area contributed by atoms with E-state index < -0.39 is 39.9 Å². The molecule has 9 nitrogen and oxygen atoms in total. The number of anilines is 1. The first-order valence-corrected chi connectivity index (χ1v) is 14.4. The van der Waals surface area contributed by atoms with Crippen LogP contribution in [0.15, 0.2) is 42.5 Å². The van der Waals surface area contributed by atoms with Crippen LogP contribution in [0.3, 0.4) is 0 Å². The average molecular weight is 575 g/mol. The number of nitrogens with one attached hydrogen (secondary N) is 2. The van der Waals surface area contributed by atoms with Crippen molar-refractivity contribution in [2.75, 3.05) is 29.8 Å². The number of sulfonamides is 1. The van der Waals surface area contributed by atoms with Crippen LogP contribution in [0.1, 0.15) is 22.8 Å². The van der Waals surface area contributed by atoms with E-state index in [4.69, 9.17) is 27.9 Å². The molecule has 194 valence electrons. The summed E-state index contributed by atoms with van der Waals surface area (Å²) >= 11 is 13.5. The number of esters is 1. The highest BCUT2D eigenvalue weighted by Crippen LogP contribution is 2.26. The fourth-order valence-electron chi connectivity index (χ4n) is 3.55. The molecule has 1 aliphatic heterocycles. The molecule has 2 aromatic rings. The maximum Gasteiger partial charge on any atom is 0.328 e.